The number of hydrogen-bond acceptors (Lipinski definition) is 1. The van der Waals surface area contributed by atoms with Crippen molar-refractivity contribution in [3.05, 3.63) is 69.7 Å². The lowest BCUT2D eigenvalue weighted by atomic mass is 9.99. The number of halogens is 1. The van der Waals surface area contributed by atoms with Crippen LogP contribution in [0.15, 0.2) is 53.0 Å². The number of carbonyl (C=O) groups excluding carboxylic acids is 1. The minimum absolute atomic E-state index is 0.143. The van der Waals surface area contributed by atoms with Crippen LogP contribution in [-0.2, 0) is 13.0 Å². The second kappa shape index (κ2) is 5.17. The molecule has 2 aromatic rings. The predicted octanol–water partition coefficient (Wildman–Crippen LogP) is 3.65. The van der Waals surface area contributed by atoms with Crippen molar-refractivity contribution in [2.24, 2.45) is 0 Å². The van der Waals surface area contributed by atoms with Gasteiger partial charge in [0.15, 0.2) is 0 Å². The van der Waals surface area contributed by atoms with E-state index in [1.807, 2.05) is 41.3 Å². The van der Waals surface area contributed by atoms with E-state index in [0.717, 1.165) is 28.6 Å². The van der Waals surface area contributed by atoms with E-state index in [2.05, 4.69) is 28.1 Å². The molecule has 19 heavy (non-hydrogen) atoms. The van der Waals surface area contributed by atoms with Crippen LogP contribution in [0, 0.1) is 0 Å². The molecule has 0 bridgehead atoms. The summed E-state index contributed by atoms with van der Waals surface area (Å²) >= 11 is 3.42. The Hall–Kier alpha value is -1.61. The molecule has 0 radical (unpaired) electrons. The fourth-order valence-corrected chi connectivity index (χ4v) is 2.70. The van der Waals surface area contributed by atoms with E-state index in [9.17, 15) is 4.79 Å². The first-order chi connectivity index (χ1) is 9.24. The van der Waals surface area contributed by atoms with Gasteiger partial charge in [0.1, 0.15) is 0 Å². The molecule has 3 rings (SSSR count). The SMILES string of the molecule is O=C1c2ccccc2CCN1Cc1ccc(Br)cc1. The molecule has 0 saturated carbocycles. The summed E-state index contributed by atoms with van der Waals surface area (Å²) in [5, 5.41) is 0. The van der Waals surface area contributed by atoms with Crippen LogP contribution in [0.25, 0.3) is 0 Å². The van der Waals surface area contributed by atoms with Crippen molar-refractivity contribution in [2.75, 3.05) is 6.54 Å². The van der Waals surface area contributed by atoms with Crippen molar-refractivity contribution < 1.29 is 4.79 Å². The van der Waals surface area contributed by atoms with Crippen molar-refractivity contribution in [1.82, 2.24) is 4.90 Å². The summed E-state index contributed by atoms with van der Waals surface area (Å²) in [6.07, 6.45) is 0.943. The van der Waals surface area contributed by atoms with Gasteiger partial charge in [0, 0.05) is 23.1 Å². The van der Waals surface area contributed by atoms with E-state index in [0.29, 0.717) is 6.54 Å². The highest BCUT2D eigenvalue weighted by Crippen LogP contribution is 2.21. The van der Waals surface area contributed by atoms with Gasteiger partial charge in [0.05, 0.1) is 0 Å². The Bertz CT molecular complexity index is 606. The molecule has 1 aliphatic heterocycles. The molecule has 0 spiro atoms. The number of fused-ring (bicyclic) bond motifs is 1. The van der Waals surface area contributed by atoms with Crippen molar-refractivity contribution >= 4 is 21.8 Å². The van der Waals surface area contributed by atoms with Crippen molar-refractivity contribution in [1.29, 1.82) is 0 Å². The van der Waals surface area contributed by atoms with Gasteiger partial charge in [-0.3, -0.25) is 4.79 Å². The van der Waals surface area contributed by atoms with E-state index in [4.69, 9.17) is 0 Å². The third kappa shape index (κ3) is 2.56. The highest BCUT2D eigenvalue weighted by atomic mass is 79.9. The van der Waals surface area contributed by atoms with Gasteiger partial charge in [-0.2, -0.15) is 0 Å². The maximum atomic E-state index is 12.4. The maximum absolute atomic E-state index is 12.4. The van der Waals surface area contributed by atoms with Gasteiger partial charge < -0.3 is 4.90 Å². The van der Waals surface area contributed by atoms with E-state index < -0.39 is 0 Å². The molecule has 96 valence electrons. The Morgan fingerprint density at radius 1 is 1.05 bits per heavy atom. The highest BCUT2D eigenvalue weighted by Gasteiger charge is 2.23. The van der Waals surface area contributed by atoms with Gasteiger partial charge >= 0.3 is 0 Å². The lowest BCUT2D eigenvalue weighted by Crippen LogP contribution is -2.36. The van der Waals surface area contributed by atoms with E-state index >= 15 is 0 Å². The summed E-state index contributed by atoms with van der Waals surface area (Å²) in [6, 6.07) is 16.0. The maximum Gasteiger partial charge on any atom is 0.254 e. The Balaban J connectivity index is 1.81. The van der Waals surface area contributed by atoms with Crippen LogP contribution in [0.5, 0.6) is 0 Å². The van der Waals surface area contributed by atoms with Gasteiger partial charge in [0.25, 0.3) is 5.91 Å². The Morgan fingerprint density at radius 2 is 1.79 bits per heavy atom. The predicted molar refractivity (Wildman–Crippen MR) is 79.0 cm³/mol. The van der Waals surface area contributed by atoms with Crippen molar-refractivity contribution in [3.8, 4) is 0 Å². The fraction of sp³-hybridized carbons (Fsp3) is 0.188. The van der Waals surface area contributed by atoms with Gasteiger partial charge in [0.2, 0.25) is 0 Å². The third-order valence-electron chi connectivity index (χ3n) is 3.47. The summed E-state index contributed by atoms with van der Waals surface area (Å²) in [4.78, 5) is 14.3. The molecular weight excluding hydrogens is 302 g/mol. The molecule has 2 nitrogen and oxygen atoms in total. The average Bonchev–Trinajstić information content (AvgIpc) is 2.45. The Morgan fingerprint density at radius 3 is 2.58 bits per heavy atom. The molecule has 1 amide bonds. The van der Waals surface area contributed by atoms with Gasteiger partial charge in [-0.05, 0) is 35.7 Å². The molecule has 0 aromatic heterocycles. The van der Waals surface area contributed by atoms with Crippen molar-refractivity contribution in [2.45, 2.75) is 13.0 Å². The van der Waals surface area contributed by atoms with E-state index in [1.165, 1.54) is 5.56 Å². The standard InChI is InChI=1S/C16H14BrNO/c17-14-7-5-12(6-8-14)11-18-10-9-13-3-1-2-4-15(13)16(18)19/h1-8H,9-11H2. The van der Waals surface area contributed by atoms with Crippen LogP contribution in [0.3, 0.4) is 0 Å². The van der Waals surface area contributed by atoms with Gasteiger partial charge in [-0.25, -0.2) is 0 Å². The third-order valence-corrected chi connectivity index (χ3v) is 4.00. The zero-order valence-corrected chi connectivity index (χ0v) is 12.1. The largest absolute Gasteiger partial charge is 0.334 e. The molecule has 2 aromatic carbocycles. The second-order valence-corrected chi connectivity index (χ2v) is 5.68. The van der Waals surface area contributed by atoms with Crippen LogP contribution >= 0.6 is 15.9 Å². The molecule has 0 aliphatic carbocycles. The van der Waals surface area contributed by atoms with Crippen LogP contribution in [0.2, 0.25) is 0 Å². The molecule has 3 heteroatoms. The Kier molecular flexibility index (Phi) is 3.38. The van der Waals surface area contributed by atoms with Crippen LogP contribution in [0.1, 0.15) is 21.5 Å². The molecule has 0 fully saturated rings. The Labute approximate surface area is 121 Å². The normalized spacial score (nSPS) is 14.4. The number of carbonyl (C=O) groups is 1. The topological polar surface area (TPSA) is 20.3 Å². The summed E-state index contributed by atoms with van der Waals surface area (Å²) in [7, 11) is 0. The summed E-state index contributed by atoms with van der Waals surface area (Å²) < 4.78 is 1.06. The number of hydrogen-bond donors (Lipinski definition) is 0. The van der Waals surface area contributed by atoms with E-state index in [1.54, 1.807) is 0 Å². The molecule has 1 heterocycles. The molecule has 0 unspecified atom stereocenters. The van der Waals surface area contributed by atoms with Crippen LogP contribution < -0.4 is 0 Å². The molecule has 1 aliphatic rings. The fourth-order valence-electron chi connectivity index (χ4n) is 2.44. The average molecular weight is 316 g/mol. The van der Waals surface area contributed by atoms with Crippen molar-refractivity contribution in [3.63, 3.8) is 0 Å². The first kappa shape index (κ1) is 12.4. The summed E-state index contributed by atoms with van der Waals surface area (Å²) in [5.41, 5.74) is 3.18. The quantitative estimate of drug-likeness (QED) is 0.828. The minimum atomic E-state index is 0.143. The number of amides is 1. The monoisotopic (exact) mass is 315 g/mol. The van der Waals surface area contributed by atoms with Crippen LogP contribution in [0.4, 0.5) is 0 Å². The zero-order chi connectivity index (χ0) is 13.2. The summed E-state index contributed by atoms with van der Waals surface area (Å²) in [6.45, 7) is 1.48. The van der Waals surface area contributed by atoms with Gasteiger partial charge in [-0.1, -0.05) is 46.3 Å². The van der Waals surface area contributed by atoms with Gasteiger partial charge in [-0.15, -0.1) is 0 Å². The molecule has 0 atom stereocenters. The molecule has 0 saturated heterocycles. The zero-order valence-electron chi connectivity index (χ0n) is 10.5. The lowest BCUT2D eigenvalue weighted by molar-refractivity contribution is 0.0727. The number of nitrogens with zero attached hydrogens (tertiary/aromatic N) is 1. The smallest absolute Gasteiger partial charge is 0.254 e. The lowest BCUT2D eigenvalue weighted by Gasteiger charge is -2.28. The number of rotatable bonds is 2. The van der Waals surface area contributed by atoms with E-state index in [-0.39, 0.29) is 5.91 Å². The highest BCUT2D eigenvalue weighted by molar-refractivity contribution is 9.10. The first-order valence-electron chi connectivity index (χ1n) is 6.35. The molecular formula is C16H14BrNO. The number of benzene rings is 2. The van der Waals surface area contributed by atoms with Crippen LogP contribution in [-0.4, -0.2) is 17.4 Å². The molecule has 0 N–H and O–H groups in total. The minimum Gasteiger partial charge on any atom is -0.334 e. The first-order valence-corrected chi connectivity index (χ1v) is 7.15. The summed E-state index contributed by atoms with van der Waals surface area (Å²) in [5.74, 6) is 0.143. The second-order valence-electron chi connectivity index (χ2n) is 4.76.